The van der Waals surface area contributed by atoms with Crippen molar-refractivity contribution < 1.29 is 9.59 Å². The molecular formula is C22H20Cl2N6O2. The average Bonchev–Trinajstić information content (AvgIpc) is 2.98. The molecule has 2 heterocycles. The largest absolute Gasteiger partial charge is 0.355 e. The van der Waals surface area contributed by atoms with Crippen LogP contribution in [0.1, 0.15) is 27.9 Å². The summed E-state index contributed by atoms with van der Waals surface area (Å²) in [6.07, 6.45) is 2.65. The lowest BCUT2D eigenvalue weighted by Gasteiger charge is -2.15. The number of carbonyl (C=O) groups excluding carboxylic acids is 2. The zero-order valence-corrected chi connectivity index (χ0v) is 18.6. The molecule has 0 aliphatic carbocycles. The van der Waals surface area contributed by atoms with Gasteiger partial charge in [-0.15, -0.1) is 0 Å². The fourth-order valence-electron chi connectivity index (χ4n) is 3.38. The summed E-state index contributed by atoms with van der Waals surface area (Å²) in [6.45, 7) is 0.479. The normalized spacial score (nSPS) is 12.9. The summed E-state index contributed by atoms with van der Waals surface area (Å²) in [7, 11) is 1.54. The highest BCUT2D eigenvalue weighted by Crippen LogP contribution is 2.32. The zero-order chi connectivity index (χ0) is 22.7. The second-order valence-corrected chi connectivity index (χ2v) is 7.96. The maximum absolute atomic E-state index is 12.2. The van der Waals surface area contributed by atoms with E-state index < -0.39 is 0 Å². The summed E-state index contributed by atoms with van der Waals surface area (Å²) >= 11 is 12.6. The Morgan fingerprint density at radius 3 is 2.72 bits per heavy atom. The number of fused-ring (bicyclic) bond motifs is 1. The first-order valence-electron chi connectivity index (χ1n) is 9.90. The highest BCUT2D eigenvalue weighted by atomic mass is 35.5. The van der Waals surface area contributed by atoms with Crippen molar-refractivity contribution in [2.45, 2.75) is 19.4 Å². The third-order valence-electron chi connectivity index (χ3n) is 5.03. The molecule has 2 aromatic carbocycles. The van der Waals surface area contributed by atoms with Crippen LogP contribution in [-0.4, -0.2) is 28.8 Å². The molecule has 10 heteroatoms. The number of hydrogen-bond donors (Lipinski definition) is 4. The predicted octanol–water partition coefficient (Wildman–Crippen LogP) is 4.19. The smallest absolute Gasteiger partial charge is 0.253 e. The van der Waals surface area contributed by atoms with Gasteiger partial charge in [0, 0.05) is 25.7 Å². The number of rotatable bonds is 5. The predicted molar refractivity (Wildman–Crippen MR) is 125 cm³/mol. The van der Waals surface area contributed by atoms with Crippen molar-refractivity contribution in [1.29, 1.82) is 0 Å². The molecule has 0 spiro atoms. The van der Waals surface area contributed by atoms with Crippen LogP contribution in [0.5, 0.6) is 0 Å². The van der Waals surface area contributed by atoms with E-state index in [2.05, 4.69) is 31.2 Å². The van der Waals surface area contributed by atoms with E-state index in [0.29, 0.717) is 47.4 Å². The number of halogens is 2. The Hall–Kier alpha value is -3.36. The van der Waals surface area contributed by atoms with Crippen LogP contribution < -0.4 is 21.3 Å². The van der Waals surface area contributed by atoms with Gasteiger partial charge in [0.15, 0.2) is 5.82 Å². The third kappa shape index (κ3) is 4.76. The van der Waals surface area contributed by atoms with E-state index in [9.17, 15) is 9.59 Å². The molecule has 0 saturated carbocycles. The standard InChI is InChI=1S/C22H20Cl2N6O2/c1-25-21(32)15-3-2-4-16(23)19(15)29-20-17(24)11-27-22(30-20)28-14-7-5-12-6-8-18(31)26-10-13(12)9-14/h2-5,7,9,11H,6,8,10H2,1H3,(H,25,32)(H,26,31)(H2,27,28,29,30). The Kier molecular flexibility index (Phi) is 6.43. The molecule has 0 radical (unpaired) electrons. The van der Waals surface area contributed by atoms with E-state index in [1.807, 2.05) is 18.2 Å². The lowest BCUT2D eigenvalue weighted by atomic mass is 10.0. The molecule has 0 bridgehead atoms. The summed E-state index contributed by atoms with van der Waals surface area (Å²) in [6, 6.07) is 10.9. The molecule has 1 aliphatic heterocycles. The van der Waals surface area contributed by atoms with Crippen LogP contribution in [0.4, 0.5) is 23.1 Å². The first kappa shape index (κ1) is 21.9. The first-order valence-corrected chi connectivity index (χ1v) is 10.7. The molecule has 4 N–H and O–H groups in total. The van der Waals surface area contributed by atoms with Gasteiger partial charge in [-0.2, -0.15) is 4.98 Å². The Balaban J connectivity index is 1.60. The molecule has 8 nitrogen and oxygen atoms in total. The van der Waals surface area contributed by atoms with Crippen LogP contribution in [0.25, 0.3) is 0 Å². The molecule has 1 aromatic heterocycles. The minimum atomic E-state index is -0.296. The topological polar surface area (TPSA) is 108 Å². The number of aryl methyl sites for hydroxylation is 1. The number of aromatic nitrogens is 2. The van der Waals surface area contributed by atoms with Crippen molar-refractivity contribution in [3.05, 3.63) is 69.3 Å². The molecule has 164 valence electrons. The molecule has 0 fully saturated rings. The number of benzene rings is 2. The average molecular weight is 471 g/mol. The number of para-hydroxylation sites is 1. The van der Waals surface area contributed by atoms with Crippen LogP contribution >= 0.6 is 23.2 Å². The van der Waals surface area contributed by atoms with Gasteiger partial charge in [0.1, 0.15) is 5.02 Å². The molecule has 2 amide bonds. The van der Waals surface area contributed by atoms with Gasteiger partial charge in [0.2, 0.25) is 11.9 Å². The fourth-order valence-corrected chi connectivity index (χ4v) is 3.74. The van der Waals surface area contributed by atoms with Gasteiger partial charge in [-0.1, -0.05) is 35.3 Å². The van der Waals surface area contributed by atoms with E-state index >= 15 is 0 Å². The van der Waals surface area contributed by atoms with E-state index in [0.717, 1.165) is 16.8 Å². The Labute approximate surface area is 194 Å². The van der Waals surface area contributed by atoms with Crippen molar-refractivity contribution in [2.24, 2.45) is 0 Å². The number of hydrogen-bond acceptors (Lipinski definition) is 6. The Morgan fingerprint density at radius 1 is 1.06 bits per heavy atom. The quantitative estimate of drug-likeness (QED) is 0.445. The maximum Gasteiger partial charge on any atom is 0.253 e. The minimum absolute atomic E-state index is 0.0446. The Morgan fingerprint density at radius 2 is 1.91 bits per heavy atom. The summed E-state index contributed by atoms with van der Waals surface area (Å²) in [5, 5.41) is 12.3. The molecule has 1 aliphatic rings. The SMILES string of the molecule is CNC(=O)c1cccc(Cl)c1Nc1nc(Nc2ccc3c(c2)CNC(=O)CC3)ncc1Cl. The van der Waals surface area contributed by atoms with Crippen LogP contribution in [0, 0.1) is 0 Å². The molecule has 0 atom stereocenters. The highest BCUT2D eigenvalue weighted by molar-refractivity contribution is 6.35. The van der Waals surface area contributed by atoms with Crippen molar-refractivity contribution in [3.63, 3.8) is 0 Å². The monoisotopic (exact) mass is 470 g/mol. The summed E-state index contributed by atoms with van der Waals surface area (Å²) in [4.78, 5) is 32.6. The van der Waals surface area contributed by atoms with E-state index in [-0.39, 0.29) is 16.8 Å². The number of anilines is 4. The van der Waals surface area contributed by atoms with Crippen LogP contribution in [0.2, 0.25) is 10.0 Å². The third-order valence-corrected chi connectivity index (χ3v) is 5.62. The van der Waals surface area contributed by atoms with Crippen molar-refractivity contribution in [1.82, 2.24) is 20.6 Å². The minimum Gasteiger partial charge on any atom is -0.355 e. The molecule has 4 rings (SSSR count). The number of amides is 2. The number of nitrogens with zero attached hydrogens (tertiary/aromatic N) is 2. The Bertz CT molecular complexity index is 1200. The zero-order valence-electron chi connectivity index (χ0n) is 17.1. The van der Waals surface area contributed by atoms with Gasteiger partial charge in [-0.05, 0) is 41.8 Å². The second kappa shape index (κ2) is 9.42. The lowest BCUT2D eigenvalue weighted by Crippen LogP contribution is -2.20. The molecular weight excluding hydrogens is 451 g/mol. The highest BCUT2D eigenvalue weighted by Gasteiger charge is 2.17. The van der Waals surface area contributed by atoms with Gasteiger partial charge in [-0.25, -0.2) is 4.98 Å². The summed E-state index contributed by atoms with van der Waals surface area (Å²) in [5.41, 5.74) is 3.70. The fraction of sp³-hybridized carbons (Fsp3) is 0.182. The van der Waals surface area contributed by atoms with Gasteiger partial charge in [0.25, 0.3) is 5.91 Å². The van der Waals surface area contributed by atoms with Gasteiger partial charge in [-0.3, -0.25) is 9.59 Å². The number of nitrogens with one attached hydrogen (secondary N) is 4. The summed E-state index contributed by atoms with van der Waals surface area (Å²) < 4.78 is 0. The maximum atomic E-state index is 12.2. The van der Waals surface area contributed by atoms with Crippen molar-refractivity contribution >= 4 is 58.2 Å². The van der Waals surface area contributed by atoms with Crippen LogP contribution in [-0.2, 0) is 17.8 Å². The number of carbonyl (C=O) groups is 2. The first-order chi connectivity index (χ1) is 15.4. The van der Waals surface area contributed by atoms with E-state index in [1.54, 1.807) is 25.2 Å². The van der Waals surface area contributed by atoms with Crippen molar-refractivity contribution in [3.8, 4) is 0 Å². The molecule has 0 saturated heterocycles. The molecule has 3 aromatic rings. The molecule has 0 unspecified atom stereocenters. The van der Waals surface area contributed by atoms with Crippen LogP contribution in [0.15, 0.2) is 42.6 Å². The lowest BCUT2D eigenvalue weighted by molar-refractivity contribution is -0.121. The summed E-state index contributed by atoms with van der Waals surface area (Å²) in [5.74, 6) is 0.353. The van der Waals surface area contributed by atoms with Gasteiger partial charge >= 0.3 is 0 Å². The van der Waals surface area contributed by atoms with Crippen LogP contribution in [0.3, 0.4) is 0 Å². The van der Waals surface area contributed by atoms with Crippen molar-refractivity contribution in [2.75, 3.05) is 17.7 Å². The van der Waals surface area contributed by atoms with E-state index in [1.165, 1.54) is 6.20 Å². The van der Waals surface area contributed by atoms with Gasteiger partial charge < -0.3 is 21.3 Å². The second-order valence-electron chi connectivity index (χ2n) is 7.14. The van der Waals surface area contributed by atoms with Gasteiger partial charge in [0.05, 0.1) is 22.5 Å². The molecule has 32 heavy (non-hydrogen) atoms. The van der Waals surface area contributed by atoms with E-state index in [4.69, 9.17) is 23.2 Å².